The van der Waals surface area contributed by atoms with Crippen molar-refractivity contribution in [3.05, 3.63) is 28.8 Å². The van der Waals surface area contributed by atoms with Gasteiger partial charge in [0.05, 0.1) is 30.5 Å². The van der Waals surface area contributed by atoms with Crippen LogP contribution >= 0.6 is 11.6 Å². The molecule has 1 rings (SSSR count). The first-order valence-corrected chi connectivity index (χ1v) is 7.43. The van der Waals surface area contributed by atoms with E-state index >= 15 is 0 Å². The van der Waals surface area contributed by atoms with Crippen molar-refractivity contribution in [1.82, 2.24) is 5.32 Å². The summed E-state index contributed by atoms with van der Waals surface area (Å²) in [7, 11) is 3.34. The number of anilines is 1. The zero-order chi connectivity index (χ0) is 15.5. The molecule has 0 saturated carbocycles. The summed E-state index contributed by atoms with van der Waals surface area (Å²) in [6.07, 6.45) is 0. The van der Waals surface area contributed by atoms with Gasteiger partial charge in [0, 0.05) is 40.4 Å². The van der Waals surface area contributed by atoms with Crippen molar-refractivity contribution in [2.75, 3.05) is 58.6 Å². The highest BCUT2D eigenvalue weighted by atomic mass is 35.5. The molecule has 0 bridgehead atoms. The summed E-state index contributed by atoms with van der Waals surface area (Å²) in [6, 6.07) is 5.98. The predicted octanol–water partition coefficient (Wildman–Crippen LogP) is 1.52. The van der Waals surface area contributed by atoms with Crippen LogP contribution in [-0.2, 0) is 16.0 Å². The van der Waals surface area contributed by atoms with E-state index in [1.807, 2.05) is 23.1 Å². The van der Waals surface area contributed by atoms with Gasteiger partial charge in [0.1, 0.15) is 0 Å². The summed E-state index contributed by atoms with van der Waals surface area (Å²) in [5, 5.41) is 13.1. The van der Waals surface area contributed by atoms with Gasteiger partial charge in [0.15, 0.2) is 0 Å². The second kappa shape index (κ2) is 10.8. The highest BCUT2D eigenvalue weighted by molar-refractivity contribution is 6.33. The zero-order valence-corrected chi connectivity index (χ0v) is 13.5. The van der Waals surface area contributed by atoms with Crippen LogP contribution < -0.4 is 10.2 Å². The van der Waals surface area contributed by atoms with E-state index in [2.05, 4.69) is 5.32 Å². The quantitative estimate of drug-likeness (QED) is 0.606. The number of benzene rings is 1. The van der Waals surface area contributed by atoms with Gasteiger partial charge in [-0.1, -0.05) is 17.7 Å². The molecule has 0 radical (unpaired) electrons. The van der Waals surface area contributed by atoms with E-state index in [0.717, 1.165) is 24.3 Å². The van der Waals surface area contributed by atoms with Crippen LogP contribution in [0.3, 0.4) is 0 Å². The molecule has 0 aliphatic carbocycles. The van der Waals surface area contributed by atoms with E-state index in [9.17, 15) is 0 Å². The minimum Gasteiger partial charge on any atom is -0.395 e. The fraction of sp³-hybridized carbons (Fsp3) is 0.600. The smallest absolute Gasteiger partial charge is 0.0642 e. The van der Waals surface area contributed by atoms with Crippen molar-refractivity contribution < 1.29 is 14.6 Å². The molecule has 0 saturated heterocycles. The van der Waals surface area contributed by atoms with Gasteiger partial charge in [-0.15, -0.1) is 0 Å². The molecular formula is C15H25ClN2O3. The van der Waals surface area contributed by atoms with Crippen LogP contribution in [0.5, 0.6) is 0 Å². The minimum atomic E-state index is 0.0837. The molecule has 5 nitrogen and oxygen atoms in total. The molecule has 0 atom stereocenters. The van der Waals surface area contributed by atoms with Gasteiger partial charge in [-0.05, 0) is 17.7 Å². The van der Waals surface area contributed by atoms with Crippen molar-refractivity contribution >= 4 is 17.3 Å². The van der Waals surface area contributed by atoms with Crippen molar-refractivity contribution in [3.8, 4) is 0 Å². The monoisotopic (exact) mass is 316 g/mol. The van der Waals surface area contributed by atoms with Crippen LogP contribution in [0.25, 0.3) is 0 Å². The lowest BCUT2D eigenvalue weighted by molar-refractivity contribution is 0.199. The van der Waals surface area contributed by atoms with Crippen molar-refractivity contribution in [1.29, 1.82) is 0 Å². The van der Waals surface area contributed by atoms with Gasteiger partial charge < -0.3 is 24.8 Å². The summed E-state index contributed by atoms with van der Waals surface area (Å²) >= 11 is 6.36. The number of hydrogen-bond donors (Lipinski definition) is 2. The second-order valence-corrected chi connectivity index (χ2v) is 5.07. The molecule has 0 aliphatic rings. The van der Waals surface area contributed by atoms with Crippen LogP contribution in [-0.4, -0.2) is 58.8 Å². The Labute approximate surface area is 131 Å². The fourth-order valence-electron chi connectivity index (χ4n) is 2.00. The van der Waals surface area contributed by atoms with Gasteiger partial charge >= 0.3 is 0 Å². The molecule has 2 N–H and O–H groups in total. The first-order valence-electron chi connectivity index (χ1n) is 7.05. The Morgan fingerprint density at radius 2 is 1.95 bits per heavy atom. The van der Waals surface area contributed by atoms with Crippen molar-refractivity contribution in [2.45, 2.75) is 6.54 Å². The summed E-state index contributed by atoms with van der Waals surface area (Å²) in [4.78, 5) is 2.02. The summed E-state index contributed by atoms with van der Waals surface area (Å²) < 4.78 is 10.1. The SMILES string of the molecule is COCCNCc1ccc(N(CCO)CCOC)c(Cl)c1. The lowest BCUT2D eigenvalue weighted by Crippen LogP contribution is -2.30. The Kier molecular flexibility index (Phi) is 9.37. The number of rotatable bonds is 11. The maximum Gasteiger partial charge on any atom is 0.0642 e. The molecule has 1 aromatic carbocycles. The maximum absolute atomic E-state index is 9.16. The lowest BCUT2D eigenvalue weighted by Gasteiger charge is -2.25. The van der Waals surface area contributed by atoms with Gasteiger partial charge in [0.2, 0.25) is 0 Å². The molecule has 21 heavy (non-hydrogen) atoms. The topological polar surface area (TPSA) is 54.0 Å². The number of ether oxygens (including phenoxy) is 2. The Morgan fingerprint density at radius 1 is 1.19 bits per heavy atom. The summed E-state index contributed by atoms with van der Waals surface area (Å²) in [5.74, 6) is 0. The van der Waals surface area contributed by atoms with Gasteiger partial charge in [-0.2, -0.15) is 0 Å². The third-order valence-corrected chi connectivity index (χ3v) is 3.40. The van der Waals surface area contributed by atoms with E-state index in [-0.39, 0.29) is 6.61 Å². The van der Waals surface area contributed by atoms with Gasteiger partial charge in [-0.25, -0.2) is 0 Å². The average molecular weight is 317 g/mol. The van der Waals surface area contributed by atoms with E-state index in [4.69, 9.17) is 26.2 Å². The largest absolute Gasteiger partial charge is 0.395 e. The van der Waals surface area contributed by atoms with Crippen LogP contribution in [0, 0.1) is 0 Å². The molecule has 0 spiro atoms. The molecule has 6 heteroatoms. The zero-order valence-electron chi connectivity index (χ0n) is 12.8. The average Bonchev–Trinajstić information content (AvgIpc) is 2.48. The third-order valence-electron chi connectivity index (χ3n) is 3.10. The van der Waals surface area contributed by atoms with Gasteiger partial charge in [-0.3, -0.25) is 0 Å². The maximum atomic E-state index is 9.16. The number of nitrogens with one attached hydrogen (secondary N) is 1. The number of halogens is 1. The molecule has 0 heterocycles. The number of methoxy groups -OCH3 is 2. The van der Waals surface area contributed by atoms with Crippen LogP contribution in [0.4, 0.5) is 5.69 Å². The molecule has 120 valence electrons. The van der Waals surface area contributed by atoms with Crippen LogP contribution in [0.15, 0.2) is 18.2 Å². The van der Waals surface area contributed by atoms with E-state index in [1.165, 1.54) is 0 Å². The number of nitrogens with zero attached hydrogens (tertiary/aromatic N) is 1. The Bertz CT molecular complexity index is 405. The predicted molar refractivity (Wildman–Crippen MR) is 86.2 cm³/mol. The number of aliphatic hydroxyl groups is 1. The first kappa shape index (κ1) is 18.2. The van der Waals surface area contributed by atoms with Gasteiger partial charge in [0.25, 0.3) is 0 Å². The third kappa shape index (κ3) is 6.63. The molecule has 0 amide bonds. The molecular weight excluding hydrogens is 292 g/mol. The highest BCUT2D eigenvalue weighted by Gasteiger charge is 2.10. The Hall–Kier alpha value is -0.850. The fourth-order valence-corrected chi connectivity index (χ4v) is 2.32. The lowest BCUT2D eigenvalue weighted by atomic mass is 10.2. The number of aliphatic hydroxyl groups excluding tert-OH is 1. The molecule has 0 aliphatic heterocycles. The van der Waals surface area contributed by atoms with Crippen molar-refractivity contribution in [2.24, 2.45) is 0 Å². The molecule has 0 aromatic heterocycles. The Balaban J connectivity index is 2.65. The normalized spacial score (nSPS) is 10.9. The van der Waals surface area contributed by atoms with E-state index in [0.29, 0.717) is 31.3 Å². The van der Waals surface area contributed by atoms with Crippen LogP contribution in [0.2, 0.25) is 5.02 Å². The van der Waals surface area contributed by atoms with E-state index in [1.54, 1.807) is 14.2 Å². The summed E-state index contributed by atoms with van der Waals surface area (Å²) in [5.41, 5.74) is 2.04. The highest BCUT2D eigenvalue weighted by Crippen LogP contribution is 2.26. The Morgan fingerprint density at radius 3 is 2.57 bits per heavy atom. The molecule has 0 fully saturated rings. The standard InChI is InChI=1S/C15H25ClN2O3/c1-20-9-5-17-12-13-3-4-15(14(16)11-13)18(6-8-19)7-10-21-2/h3-4,11,17,19H,5-10,12H2,1-2H3. The second-order valence-electron chi connectivity index (χ2n) is 4.66. The minimum absolute atomic E-state index is 0.0837. The summed E-state index contributed by atoms with van der Waals surface area (Å²) in [6.45, 7) is 4.16. The molecule has 1 aromatic rings. The number of hydrogen-bond acceptors (Lipinski definition) is 5. The first-order chi connectivity index (χ1) is 10.2. The molecule has 0 unspecified atom stereocenters. The van der Waals surface area contributed by atoms with Crippen LogP contribution in [0.1, 0.15) is 5.56 Å². The van der Waals surface area contributed by atoms with Crippen molar-refractivity contribution in [3.63, 3.8) is 0 Å². The van der Waals surface area contributed by atoms with E-state index < -0.39 is 0 Å².